The lowest BCUT2D eigenvalue weighted by molar-refractivity contribution is -0.130. The third-order valence-electron chi connectivity index (χ3n) is 4.32. The van der Waals surface area contributed by atoms with E-state index in [4.69, 9.17) is 4.42 Å². The molecule has 122 valence electrons. The standard InChI is InChI=1S/C17H26N2O3/c1-2-3-10-18-16(20)13-6-8-14(9-7-13)17(21)19-12-15-5-4-11-22-15/h4-5,11,13-14H,2-3,6-10,12H2,1H3,(H,18,20)(H,19,21). The van der Waals surface area contributed by atoms with Crippen LogP contribution in [0.5, 0.6) is 0 Å². The van der Waals surface area contributed by atoms with Crippen LogP contribution in [0, 0.1) is 11.8 Å². The van der Waals surface area contributed by atoms with Crippen molar-refractivity contribution in [3.63, 3.8) is 0 Å². The highest BCUT2D eigenvalue weighted by Crippen LogP contribution is 2.29. The molecule has 5 heteroatoms. The van der Waals surface area contributed by atoms with E-state index in [0.717, 1.165) is 50.8 Å². The maximum absolute atomic E-state index is 12.1. The molecule has 1 aliphatic rings. The second-order valence-corrected chi connectivity index (χ2v) is 5.99. The van der Waals surface area contributed by atoms with Gasteiger partial charge in [0.05, 0.1) is 12.8 Å². The van der Waals surface area contributed by atoms with Crippen LogP contribution < -0.4 is 10.6 Å². The number of furan rings is 1. The molecule has 0 unspecified atom stereocenters. The minimum atomic E-state index is 0.0228. The van der Waals surface area contributed by atoms with E-state index in [0.29, 0.717) is 6.54 Å². The summed E-state index contributed by atoms with van der Waals surface area (Å²) in [5, 5.41) is 5.90. The summed E-state index contributed by atoms with van der Waals surface area (Å²) < 4.78 is 5.20. The van der Waals surface area contributed by atoms with Crippen LogP contribution in [-0.4, -0.2) is 18.4 Å². The first-order chi connectivity index (χ1) is 10.7. The predicted octanol–water partition coefficient (Wildman–Crippen LogP) is 2.62. The highest BCUT2D eigenvalue weighted by atomic mass is 16.3. The number of rotatable bonds is 7. The molecule has 0 aromatic carbocycles. The Morgan fingerprint density at radius 3 is 2.32 bits per heavy atom. The fourth-order valence-electron chi connectivity index (χ4n) is 2.88. The Kier molecular flexibility index (Phi) is 6.49. The minimum Gasteiger partial charge on any atom is -0.467 e. The number of amides is 2. The molecule has 2 rings (SSSR count). The van der Waals surface area contributed by atoms with E-state index >= 15 is 0 Å². The molecule has 5 nitrogen and oxygen atoms in total. The molecule has 0 saturated heterocycles. The highest BCUT2D eigenvalue weighted by Gasteiger charge is 2.29. The van der Waals surface area contributed by atoms with Crippen molar-refractivity contribution in [3.8, 4) is 0 Å². The van der Waals surface area contributed by atoms with Crippen LogP contribution in [-0.2, 0) is 16.1 Å². The largest absolute Gasteiger partial charge is 0.467 e. The van der Waals surface area contributed by atoms with Gasteiger partial charge >= 0.3 is 0 Å². The van der Waals surface area contributed by atoms with Gasteiger partial charge in [-0.2, -0.15) is 0 Å². The third kappa shape index (κ3) is 4.90. The molecule has 0 radical (unpaired) electrons. The van der Waals surface area contributed by atoms with Gasteiger partial charge < -0.3 is 15.1 Å². The summed E-state index contributed by atoms with van der Waals surface area (Å²) >= 11 is 0. The van der Waals surface area contributed by atoms with E-state index in [1.165, 1.54) is 0 Å². The molecule has 2 amide bonds. The van der Waals surface area contributed by atoms with Gasteiger partial charge in [-0.25, -0.2) is 0 Å². The van der Waals surface area contributed by atoms with Crippen molar-refractivity contribution in [1.82, 2.24) is 10.6 Å². The van der Waals surface area contributed by atoms with Crippen LogP contribution in [0.3, 0.4) is 0 Å². The smallest absolute Gasteiger partial charge is 0.223 e. The summed E-state index contributed by atoms with van der Waals surface area (Å²) in [5.74, 6) is 1.09. The molecule has 0 atom stereocenters. The first-order valence-electron chi connectivity index (χ1n) is 8.28. The summed E-state index contributed by atoms with van der Waals surface area (Å²) in [6.07, 6.45) is 6.89. The summed E-state index contributed by atoms with van der Waals surface area (Å²) in [5.41, 5.74) is 0. The molecule has 22 heavy (non-hydrogen) atoms. The zero-order valence-electron chi connectivity index (χ0n) is 13.3. The van der Waals surface area contributed by atoms with Crippen molar-refractivity contribution < 1.29 is 14.0 Å². The maximum Gasteiger partial charge on any atom is 0.223 e. The number of hydrogen-bond acceptors (Lipinski definition) is 3. The summed E-state index contributed by atoms with van der Waals surface area (Å²) in [6.45, 7) is 3.31. The van der Waals surface area contributed by atoms with Gasteiger partial charge in [0.2, 0.25) is 11.8 Å². The van der Waals surface area contributed by atoms with Crippen LogP contribution in [0.15, 0.2) is 22.8 Å². The van der Waals surface area contributed by atoms with E-state index in [-0.39, 0.29) is 23.7 Å². The van der Waals surface area contributed by atoms with Gasteiger partial charge in [0.1, 0.15) is 5.76 Å². The van der Waals surface area contributed by atoms with E-state index in [9.17, 15) is 9.59 Å². The zero-order valence-corrected chi connectivity index (χ0v) is 13.3. The lowest BCUT2D eigenvalue weighted by Crippen LogP contribution is -2.37. The molecular weight excluding hydrogens is 280 g/mol. The van der Waals surface area contributed by atoms with E-state index in [1.807, 2.05) is 12.1 Å². The van der Waals surface area contributed by atoms with Gasteiger partial charge in [0.25, 0.3) is 0 Å². The van der Waals surface area contributed by atoms with Crippen molar-refractivity contribution in [2.24, 2.45) is 11.8 Å². The molecule has 0 aliphatic heterocycles. The van der Waals surface area contributed by atoms with Gasteiger partial charge in [-0.05, 0) is 44.2 Å². The van der Waals surface area contributed by atoms with Gasteiger partial charge in [-0.3, -0.25) is 9.59 Å². The van der Waals surface area contributed by atoms with Crippen LogP contribution >= 0.6 is 0 Å². The van der Waals surface area contributed by atoms with E-state index < -0.39 is 0 Å². The second-order valence-electron chi connectivity index (χ2n) is 5.99. The molecule has 1 heterocycles. The number of carbonyl (C=O) groups excluding carboxylic acids is 2. The predicted molar refractivity (Wildman–Crippen MR) is 83.9 cm³/mol. The summed E-state index contributed by atoms with van der Waals surface area (Å²) in [6, 6.07) is 3.65. The topological polar surface area (TPSA) is 71.3 Å². The molecule has 1 fully saturated rings. The average Bonchev–Trinajstić information content (AvgIpc) is 3.06. The maximum atomic E-state index is 12.1. The molecular formula is C17H26N2O3. The number of carbonyl (C=O) groups is 2. The number of unbranched alkanes of at least 4 members (excludes halogenated alkanes) is 1. The SMILES string of the molecule is CCCCNC(=O)C1CCC(C(=O)NCc2ccco2)CC1. The van der Waals surface area contributed by atoms with E-state index in [1.54, 1.807) is 6.26 Å². The molecule has 1 saturated carbocycles. The second kappa shape index (κ2) is 8.61. The van der Waals surface area contributed by atoms with Crippen molar-refractivity contribution in [2.45, 2.75) is 52.0 Å². The van der Waals surface area contributed by atoms with Crippen molar-refractivity contribution in [3.05, 3.63) is 24.2 Å². The van der Waals surface area contributed by atoms with Gasteiger partial charge in [-0.15, -0.1) is 0 Å². The van der Waals surface area contributed by atoms with E-state index in [2.05, 4.69) is 17.6 Å². The van der Waals surface area contributed by atoms with Crippen LogP contribution in [0.25, 0.3) is 0 Å². The fourth-order valence-corrected chi connectivity index (χ4v) is 2.88. The van der Waals surface area contributed by atoms with Crippen molar-refractivity contribution in [1.29, 1.82) is 0 Å². The molecule has 0 bridgehead atoms. The van der Waals surface area contributed by atoms with Crippen LogP contribution in [0.2, 0.25) is 0 Å². The monoisotopic (exact) mass is 306 g/mol. The first-order valence-corrected chi connectivity index (χ1v) is 8.28. The van der Waals surface area contributed by atoms with Crippen molar-refractivity contribution >= 4 is 11.8 Å². The third-order valence-corrected chi connectivity index (χ3v) is 4.32. The van der Waals surface area contributed by atoms with Crippen LogP contribution in [0.1, 0.15) is 51.2 Å². The number of hydrogen-bond donors (Lipinski definition) is 2. The summed E-state index contributed by atoms with van der Waals surface area (Å²) in [4.78, 5) is 24.1. The van der Waals surface area contributed by atoms with Crippen molar-refractivity contribution in [2.75, 3.05) is 6.54 Å². The highest BCUT2D eigenvalue weighted by molar-refractivity contribution is 5.81. The fraction of sp³-hybridized carbons (Fsp3) is 0.647. The Labute approximate surface area is 131 Å². The van der Waals surface area contributed by atoms with Gasteiger partial charge in [0.15, 0.2) is 0 Å². The minimum absolute atomic E-state index is 0.0228. The Balaban J connectivity index is 1.67. The van der Waals surface area contributed by atoms with Gasteiger partial charge in [-0.1, -0.05) is 13.3 Å². The molecule has 0 spiro atoms. The van der Waals surface area contributed by atoms with Crippen LogP contribution in [0.4, 0.5) is 0 Å². The Hall–Kier alpha value is -1.78. The Morgan fingerprint density at radius 2 is 1.77 bits per heavy atom. The molecule has 1 aliphatic carbocycles. The lowest BCUT2D eigenvalue weighted by Gasteiger charge is -2.27. The molecule has 2 N–H and O–H groups in total. The number of nitrogens with one attached hydrogen (secondary N) is 2. The van der Waals surface area contributed by atoms with Gasteiger partial charge in [0, 0.05) is 18.4 Å². The lowest BCUT2D eigenvalue weighted by atomic mass is 9.81. The zero-order chi connectivity index (χ0) is 15.8. The Morgan fingerprint density at radius 1 is 1.14 bits per heavy atom. The molecule has 1 aromatic heterocycles. The molecule has 1 aromatic rings. The quantitative estimate of drug-likeness (QED) is 0.761. The Bertz CT molecular complexity index is 462. The normalized spacial score (nSPS) is 21.3. The first kappa shape index (κ1) is 16.6. The average molecular weight is 306 g/mol. The summed E-state index contributed by atoms with van der Waals surface area (Å²) in [7, 11) is 0.